The van der Waals surface area contributed by atoms with Gasteiger partial charge in [0, 0.05) is 11.1 Å². The second-order valence-corrected chi connectivity index (χ2v) is 9.57. The van der Waals surface area contributed by atoms with Gasteiger partial charge in [0.05, 0.1) is 10.6 Å². The van der Waals surface area contributed by atoms with Crippen molar-refractivity contribution < 1.29 is 33.5 Å². The van der Waals surface area contributed by atoms with Gasteiger partial charge in [-0.15, -0.1) is 23.1 Å². The van der Waals surface area contributed by atoms with Crippen LogP contribution in [0.5, 0.6) is 0 Å². The maximum Gasteiger partial charge on any atom is 0.357 e. The summed E-state index contributed by atoms with van der Waals surface area (Å²) in [5.74, 6) is -2.45. The van der Waals surface area contributed by atoms with Crippen LogP contribution in [0, 0.1) is 0 Å². The lowest BCUT2D eigenvalue weighted by molar-refractivity contribution is -0.156. The van der Waals surface area contributed by atoms with Gasteiger partial charge < -0.3 is 25.4 Å². The first-order valence-corrected chi connectivity index (χ1v) is 12.5. The van der Waals surface area contributed by atoms with Gasteiger partial charge in [0.1, 0.15) is 29.9 Å². The van der Waals surface area contributed by atoms with Crippen molar-refractivity contribution in [3.05, 3.63) is 57.7 Å². The van der Waals surface area contributed by atoms with Crippen LogP contribution < -0.4 is 11.1 Å². The summed E-state index contributed by atoms with van der Waals surface area (Å²) in [5.41, 5.74) is 5.79. The van der Waals surface area contributed by atoms with Gasteiger partial charge in [-0.05, 0) is 18.2 Å². The number of benzene rings is 1. The number of amides is 2. The molecule has 36 heavy (non-hydrogen) atoms. The Labute approximate surface area is 217 Å². The normalized spacial score (nSPS) is 18.9. The first-order chi connectivity index (χ1) is 17.3. The number of anilines is 1. The summed E-state index contributed by atoms with van der Waals surface area (Å²) in [6.07, 6.45) is 1.52. The average molecular weight is 552 g/mol. The summed E-state index contributed by atoms with van der Waals surface area (Å²) in [7, 11) is 1.27. The number of oxime groups is 1. The van der Waals surface area contributed by atoms with E-state index in [1.54, 1.807) is 12.1 Å². The van der Waals surface area contributed by atoms with Gasteiger partial charge in [0.15, 0.2) is 10.8 Å². The van der Waals surface area contributed by atoms with Gasteiger partial charge in [-0.1, -0.05) is 28.9 Å². The third-order valence-corrected chi connectivity index (χ3v) is 7.17. The molecular formula is C21H18ClN5O7S2. The number of ether oxygens (including phenoxy) is 2. The van der Waals surface area contributed by atoms with Gasteiger partial charge >= 0.3 is 11.9 Å². The Hall–Kier alpha value is -3.62. The summed E-state index contributed by atoms with van der Waals surface area (Å²) in [6.45, 7) is -0.673. The number of nitrogens with one attached hydrogen (secondary N) is 1. The summed E-state index contributed by atoms with van der Waals surface area (Å²) < 4.78 is 9.97. The molecule has 2 aromatic rings. The van der Waals surface area contributed by atoms with E-state index in [9.17, 15) is 19.2 Å². The maximum atomic E-state index is 12.8. The van der Waals surface area contributed by atoms with E-state index >= 15 is 0 Å². The van der Waals surface area contributed by atoms with Crippen LogP contribution in [0.2, 0.25) is 5.02 Å². The number of thioether (sulfide) groups is 1. The summed E-state index contributed by atoms with van der Waals surface area (Å²) >= 11 is 8.41. The standard InChI is InChI=1S/C21H18ClN5O7S2/c1-32-26-14(12-8-36-21(23)24-12)16(28)25-15-17(29)27-13(6-7-35-18(15)27)20(31)34-9-33-19(30)10-4-2-3-5-11(10)22/h2-6,8,15,18H,7,9H2,1H3,(H2,23,24)(H,25,28)/b26-14-/t15-,18-/m1/s1. The molecule has 0 bridgehead atoms. The molecule has 0 unspecified atom stereocenters. The molecular weight excluding hydrogens is 534 g/mol. The van der Waals surface area contributed by atoms with Crippen molar-refractivity contribution in [1.82, 2.24) is 15.2 Å². The van der Waals surface area contributed by atoms with Gasteiger partial charge in [-0.3, -0.25) is 14.5 Å². The number of hydrogen-bond acceptors (Lipinski definition) is 12. The molecule has 0 aliphatic carbocycles. The van der Waals surface area contributed by atoms with E-state index in [0.29, 0.717) is 5.75 Å². The zero-order valence-electron chi connectivity index (χ0n) is 18.5. The van der Waals surface area contributed by atoms with Crippen LogP contribution in [-0.2, 0) is 28.7 Å². The average Bonchev–Trinajstić information content (AvgIpc) is 3.30. The van der Waals surface area contributed by atoms with Crippen molar-refractivity contribution >= 4 is 69.3 Å². The highest BCUT2D eigenvalue weighted by Gasteiger charge is 2.53. The molecule has 0 saturated carbocycles. The number of rotatable bonds is 8. The molecule has 1 aromatic carbocycles. The van der Waals surface area contributed by atoms with Crippen LogP contribution in [0.1, 0.15) is 16.1 Å². The number of halogens is 1. The van der Waals surface area contributed by atoms with Gasteiger partial charge in [-0.25, -0.2) is 14.6 Å². The Morgan fingerprint density at radius 3 is 2.72 bits per heavy atom. The molecule has 2 aliphatic heterocycles. The van der Waals surface area contributed by atoms with Crippen molar-refractivity contribution in [2.45, 2.75) is 11.4 Å². The largest absolute Gasteiger partial charge is 0.424 e. The van der Waals surface area contributed by atoms with Crippen molar-refractivity contribution in [2.75, 3.05) is 25.4 Å². The zero-order valence-corrected chi connectivity index (χ0v) is 20.9. The fourth-order valence-electron chi connectivity index (χ4n) is 3.35. The Morgan fingerprint density at radius 2 is 2.03 bits per heavy atom. The lowest BCUT2D eigenvalue weighted by atomic mass is 10.0. The molecule has 2 amide bonds. The summed E-state index contributed by atoms with van der Waals surface area (Å²) in [4.78, 5) is 60.2. The molecule has 4 rings (SSSR count). The molecule has 3 heterocycles. The molecule has 0 spiro atoms. The molecule has 12 nitrogen and oxygen atoms in total. The predicted octanol–water partition coefficient (Wildman–Crippen LogP) is 1.37. The first kappa shape index (κ1) is 25.5. The van der Waals surface area contributed by atoms with Gasteiger partial charge in [0.25, 0.3) is 11.8 Å². The Kier molecular flexibility index (Phi) is 7.76. The van der Waals surface area contributed by atoms with Crippen molar-refractivity contribution in [2.24, 2.45) is 5.16 Å². The van der Waals surface area contributed by atoms with E-state index in [0.717, 1.165) is 11.3 Å². The van der Waals surface area contributed by atoms with E-state index in [2.05, 4.69) is 15.5 Å². The Morgan fingerprint density at radius 1 is 1.28 bits per heavy atom. The number of nitrogens with zero attached hydrogens (tertiary/aromatic N) is 3. The molecule has 1 saturated heterocycles. The number of thiazole rings is 1. The van der Waals surface area contributed by atoms with Crippen LogP contribution in [0.3, 0.4) is 0 Å². The van der Waals surface area contributed by atoms with Crippen LogP contribution in [0.25, 0.3) is 0 Å². The predicted molar refractivity (Wildman–Crippen MR) is 131 cm³/mol. The zero-order chi connectivity index (χ0) is 25.8. The summed E-state index contributed by atoms with van der Waals surface area (Å²) in [5, 5.41) is 7.71. The second kappa shape index (κ2) is 11.0. The van der Waals surface area contributed by atoms with E-state index in [-0.39, 0.29) is 32.8 Å². The molecule has 0 radical (unpaired) electrons. The van der Waals surface area contributed by atoms with E-state index in [4.69, 9.17) is 31.6 Å². The highest BCUT2D eigenvalue weighted by atomic mass is 35.5. The minimum Gasteiger partial charge on any atom is -0.424 e. The van der Waals surface area contributed by atoms with E-state index in [1.807, 2.05) is 0 Å². The fraction of sp³-hybridized carbons (Fsp3) is 0.238. The molecule has 1 aromatic heterocycles. The highest BCUT2D eigenvalue weighted by molar-refractivity contribution is 8.00. The van der Waals surface area contributed by atoms with Crippen molar-refractivity contribution in [1.29, 1.82) is 0 Å². The first-order valence-electron chi connectivity index (χ1n) is 10.2. The molecule has 2 atom stereocenters. The summed E-state index contributed by atoms with van der Waals surface area (Å²) in [6, 6.07) is 5.34. The minimum atomic E-state index is -0.921. The highest BCUT2D eigenvalue weighted by Crippen LogP contribution is 2.37. The van der Waals surface area contributed by atoms with Crippen molar-refractivity contribution in [3.8, 4) is 0 Å². The van der Waals surface area contributed by atoms with Crippen LogP contribution >= 0.6 is 34.7 Å². The molecule has 15 heteroatoms. The Balaban J connectivity index is 1.35. The van der Waals surface area contributed by atoms with E-state index in [1.165, 1.54) is 47.4 Å². The third-order valence-electron chi connectivity index (χ3n) is 4.98. The van der Waals surface area contributed by atoms with Crippen LogP contribution in [0.15, 0.2) is 46.6 Å². The molecule has 2 aliphatic rings. The van der Waals surface area contributed by atoms with Crippen LogP contribution in [-0.4, -0.2) is 70.4 Å². The molecule has 188 valence electrons. The number of aromatic nitrogens is 1. The number of fused-ring (bicyclic) bond motifs is 1. The monoisotopic (exact) mass is 551 g/mol. The SMILES string of the molecule is CO/N=C(\C(=O)N[C@@H]1C(=O)N2C(C(=O)OCOC(=O)c3ccccc3Cl)=CCS[C@H]12)c1csc(N)n1. The number of nitrogen functional groups attached to an aromatic ring is 1. The van der Waals surface area contributed by atoms with Gasteiger partial charge in [-0.2, -0.15) is 0 Å². The number of carbonyl (C=O) groups excluding carboxylic acids is 4. The topological polar surface area (TPSA) is 163 Å². The minimum absolute atomic E-state index is 0.0129. The number of nitrogens with two attached hydrogens (primary N) is 1. The number of carbonyl (C=O) groups is 4. The second-order valence-electron chi connectivity index (χ2n) is 7.13. The fourth-order valence-corrected chi connectivity index (χ4v) is 5.30. The lowest BCUT2D eigenvalue weighted by Crippen LogP contribution is -2.70. The molecule has 3 N–H and O–H groups in total. The van der Waals surface area contributed by atoms with Crippen molar-refractivity contribution in [3.63, 3.8) is 0 Å². The molecule has 1 fully saturated rings. The maximum absolute atomic E-state index is 12.8. The number of hydrogen-bond donors (Lipinski definition) is 2. The number of β-lactam (4-membered cyclic amide) rings is 1. The third kappa shape index (κ3) is 5.15. The quantitative estimate of drug-likeness (QED) is 0.161. The van der Waals surface area contributed by atoms with Gasteiger partial charge in [0.2, 0.25) is 6.79 Å². The lowest BCUT2D eigenvalue weighted by Gasteiger charge is -2.48. The number of esters is 2. The smallest absolute Gasteiger partial charge is 0.357 e. The Bertz CT molecular complexity index is 1280. The van der Waals surface area contributed by atoms with E-state index < -0.39 is 42.0 Å². The van der Waals surface area contributed by atoms with Crippen LogP contribution in [0.4, 0.5) is 5.13 Å².